The number of benzene rings is 4. The summed E-state index contributed by atoms with van der Waals surface area (Å²) in [7, 11) is 0. The third-order valence-electron chi connectivity index (χ3n) is 9.78. The van der Waals surface area contributed by atoms with E-state index in [4.69, 9.17) is 9.98 Å². The minimum atomic E-state index is -1.52. The molecular formula is C45H31BrN4O2. The van der Waals surface area contributed by atoms with Gasteiger partial charge in [0, 0.05) is 38.7 Å². The molecule has 9 rings (SSSR count). The van der Waals surface area contributed by atoms with Gasteiger partial charge in [0.2, 0.25) is 0 Å². The third-order valence-corrected chi connectivity index (χ3v) is 10.8. The van der Waals surface area contributed by atoms with E-state index in [-0.39, 0.29) is 0 Å². The number of nitrogens with zero attached hydrogens (tertiary/aromatic N) is 2. The molecule has 4 aliphatic rings. The molecule has 52 heavy (non-hydrogen) atoms. The first kappa shape index (κ1) is 31.7. The lowest BCUT2D eigenvalue weighted by Gasteiger charge is -2.28. The molecule has 0 radical (unpaired) electrons. The molecule has 8 bridgehead atoms. The molecule has 7 heteroatoms. The summed E-state index contributed by atoms with van der Waals surface area (Å²) < 4.78 is -1.52. The number of carboxylic acid groups (broad SMARTS) is 1. The Bertz CT molecular complexity index is 2610. The van der Waals surface area contributed by atoms with Gasteiger partial charge in [0.25, 0.3) is 0 Å². The summed E-state index contributed by atoms with van der Waals surface area (Å²) in [5.41, 5.74) is 10.9. The van der Waals surface area contributed by atoms with E-state index < -0.39 is 16.3 Å². The number of nitrogens with one attached hydrogen (secondary N) is 2. The van der Waals surface area contributed by atoms with Gasteiger partial charge in [-0.25, -0.2) is 9.98 Å². The highest BCUT2D eigenvalue weighted by Gasteiger charge is 2.50. The van der Waals surface area contributed by atoms with E-state index in [0.29, 0.717) is 11.4 Å². The van der Waals surface area contributed by atoms with Gasteiger partial charge in [-0.05, 0) is 64.8 Å². The highest BCUT2D eigenvalue weighted by molar-refractivity contribution is 9.10. The van der Waals surface area contributed by atoms with E-state index in [9.17, 15) is 9.90 Å². The highest BCUT2D eigenvalue weighted by Crippen LogP contribution is 2.45. The van der Waals surface area contributed by atoms with Crippen molar-refractivity contribution in [3.8, 4) is 0 Å². The maximum atomic E-state index is 13.4. The van der Waals surface area contributed by atoms with Gasteiger partial charge < -0.3 is 15.4 Å². The van der Waals surface area contributed by atoms with Crippen LogP contribution in [0.1, 0.15) is 22.3 Å². The van der Waals surface area contributed by atoms with Crippen molar-refractivity contribution >= 4 is 55.6 Å². The molecule has 0 fully saturated rings. The SMILES string of the molecule is O=C(O)C1(Br)C=C2NC1/C(c1ccccc1)=C1/C=CC(=N1)/C(c1ccccc1)=c1/cc/c([nH]1)=C(\c1ccccc1)C1=N/C(=C\2c2ccccc2)C=C1. The Balaban J connectivity index is 1.43. The average molecular weight is 740 g/mol. The van der Waals surface area contributed by atoms with E-state index in [1.54, 1.807) is 6.08 Å². The number of aliphatic imine (C=N–C) groups is 2. The topological polar surface area (TPSA) is 89.8 Å². The van der Waals surface area contributed by atoms with Crippen molar-refractivity contribution in [2.45, 2.75) is 10.4 Å². The summed E-state index contributed by atoms with van der Waals surface area (Å²) in [4.78, 5) is 27.8. The quantitative estimate of drug-likeness (QED) is 0.165. The molecule has 0 amide bonds. The van der Waals surface area contributed by atoms with Gasteiger partial charge in [0.1, 0.15) is 0 Å². The Labute approximate surface area is 308 Å². The van der Waals surface area contributed by atoms with Gasteiger partial charge in [-0.3, -0.25) is 4.79 Å². The first-order valence-corrected chi connectivity index (χ1v) is 17.9. The second-order valence-electron chi connectivity index (χ2n) is 12.9. The van der Waals surface area contributed by atoms with Gasteiger partial charge in [-0.15, -0.1) is 0 Å². The maximum Gasteiger partial charge on any atom is 0.326 e. The van der Waals surface area contributed by atoms with Crippen molar-refractivity contribution in [1.29, 1.82) is 0 Å². The number of carboxylic acids is 1. The van der Waals surface area contributed by atoms with E-state index in [2.05, 4.69) is 62.6 Å². The summed E-state index contributed by atoms with van der Waals surface area (Å²) in [5.74, 6) is -1.02. The second-order valence-corrected chi connectivity index (χ2v) is 14.2. The molecule has 2 atom stereocenters. The van der Waals surface area contributed by atoms with E-state index in [0.717, 1.165) is 72.4 Å². The van der Waals surface area contributed by atoms with Crippen molar-refractivity contribution in [2.24, 2.45) is 9.98 Å². The highest BCUT2D eigenvalue weighted by atomic mass is 79.9. The molecule has 0 spiro atoms. The van der Waals surface area contributed by atoms with Crippen molar-refractivity contribution in [2.75, 3.05) is 0 Å². The fraction of sp³-hybridized carbons (Fsp3) is 0.0444. The third kappa shape index (κ3) is 5.38. The second kappa shape index (κ2) is 12.8. The number of halogens is 1. The molecule has 0 saturated heterocycles. The number of hydrogen-bond acceptors (Lipinski definition) is 4. The van der Waals surface area contributed by atoms with Crippen LogP contribution in [0.25, 0.3) is 22.3 Å². The molecule has 4 aliphatic heterocycles. The number of alkyl halides is 1. The Morgan fingerprint density at radius 3 is 1.52 bits per heavy atom. The molecule has 0 saturated carbocycles. The molecule has 2 unspecified atom stereocenters. The number of allylic oxidation sites excluding steroid dienone is 5. The number of hydrogen-bond donors (Lipinski definition) is 3. The van der Waals surface area contributed by atoms with Crippen molar-refractivity contribution in [1.82, 2.24) is 10.3 Å². The van der Waals surface area contributed by atoms with Crippen LogP contribution >= 0.6 is 15.9 Å². The number of carbonyl (C=O) groups is 1. The largest absolute Gasteiger partial charge is 0.480 e. The monoisotopic (exact) mass is 738 g/mol. The summed E-state index contributed by atoms with van der Waals surface area (Å²) in [6.07, 6.45) is 9.85. The Morgan fingerprint density at radius 1 is 0.577 bits per heavy atom. The summed E-state index contributed by atoms with van der Waals surface area (Å²) in [6, 6.07) is 43.8. The van der Waals surface area contributed by atoms with E-state index in [1.165, 1.54) is 0 Å². The van der Waals surface area contributed by atoms with Crippen LogP contribution in [0.5, 0.6) is 0 Å². The molecule has 6 nitrogen and oxygen atoms in total. The van der Waals surface area contributed by atoms with Gasteiger partial charge in [-0.1, -0.05) is 137 Å². The molecule has 3 N–H and O–H groups in total. The normalized spacial score (nSPS) is 25.4. The van der Waals surface area contributed by atoms with Crippen molar-refractivity contribution in [3.05, 3.63) is 214 Å². The molecule has 4 aromatic carbocycles. The fourth-order valence-electron chi connectivity index (χ4n) is 7.40. The summed E-state index contributed by atoms with van der Waals surface area (Å²) >= 11 is 3.75. The first-order chi connectivity index (χ1) is 25.5. The van der Waals surface area contributed by atoms with Gasteiger partial charge in [0.05, 0.1) is 28.9 Å². The number of rotatable bonds is 5. The minimum Gasteiger partial charge on any atom is -0.480 e. The van der Waals surface area contributed by atoms with Gasteiger partial charge in [0.15, 0.2) is 4.32 Å². The number of aliphatic carboxylic acids is 1. The fourth-order valence-corrected chi connectivity index (χ4v) is 7.98. The molecule has 250 valence electrons. The Kier molecular flexibility index (Phi) is 7.78. The lowest BCUT2D eigenvalue weighted by Crippen LogP contribution is -2.46. The maximum absolute atomic E-state index is 13.4. The molecule has 5 heterocycles. The standard InChI is InChI=1S/C45H31BrN4O2/c46-45(44(51)52)27-38-41(30-17-9-3-10-18-30)36-24-23-34(48-36)39(28-13-5-1-6-14-28)32-21-22-33(47-32)40(29-15-7-2-8-16-29)35-25-26-37(49-35)42(43(45)50-38)31-19-11-4-12-20-31/h1-27,43,47,50H,(H,51,52)/b39-32-,40-33-,41-36-,42-37-. The van der Waals surface area contributed by atoms with Crippen molar-refractivity contribution in [3.63, 3.8) is 0 Å². The predicted molar refractivity (Wildman–Crippen MR) is 212 cm³/mol. The Morgan fingerprint density at radius 2 is 1.02 bits per heavy atom. The van der Waals surface area contributed by atoms with E-state index in [1.807, 2.05) is 121 Å². The average Bonchev–Trinajstić information content (AvgIpc) is 4.01. The number of H-pyrrole nitrogens is 1. The lowest BCUT2D eigenvalue weighted by molar-refractivity contribution is -0.138. The van der Waals surface area contributed by atoms with Crippen molar-refractivity contribution < 1.29 is 9.90 Å². The molecule has 5 aromatic rings. The number of aromatic nitrogens is 1. The van der Waals surface area contributed by atoms with Crippen LogP contribution in [0.3, 0.4) is 0 Å². The lowest BCUT2D eigenvalue weighted by atomic mass is 9.88. The Hall–Kier alpha value is -6.31. The zero-order chi connectivity index (χ0) is 35.2. The number of fused-ring (bicyclic) bond motifs is 6. The van der Waals surface area contributed by atoms with Crippen LogP contribution in [0.15, 0.2) is 191 Å². The zero-order valence-electron chi connectivity index (χ0n) is 27.8. The van der Waals surface area contributed by atoms with Crippen LogP contribution < -0.4 is 16.0 Å². The predicted octanol–water partition coefficient (Wildman–Crippen LogP) is 7.34. The molecule has 0 aliphatic carbocycles. The minimum absolute atomic E-state index is 0.660. The van der Waals surface area contributed by atoms with Crippen LogP contribution in [-0.2, 0) is 4.79 Å². The zero-order valence-corrected chi connectivity index (χ0v) is 29.4. The first-order valence-electron chi connectivity index (χ1n) is 17.1. The van der Waals surface area contributed by atoms with Gasteiger partial charge >= 0.3 is 5.97 Å². The summed E-state index contributed by atoms with van der Waals surface area (Å²) in [6.45, 7) is 0. The van der Waals surface area contributed by atoms with E-state index >= 15 is 0 Å². The number of aromatic amines is 1. The van der Waals surface area contributed by atoms with Crippen LogP contribution in [0.2, 0.25) is 0 Å². The smallest absolute Gasteiger partial charge is 0.326 e. The molecule has 1 aromatic heterocycles. The van der Waals surface area contributed by atoms with Crippen LogP contribution in [-0.4, -0.2) is 37.8 Å². The molecular weight excluding hydrogens is 708 g/mol. The summed E-state index contributed by atoms with van der Waals surface area (Å²) in [5, 5.41) is 16.5. The van der Waals surface area contributed by atoms with Gasteiger partial charge in [-0.2, -0.15) is 0 Å². The van der Waals surface area contributed by atoms with Crippen LogP contribution in [0.4, 0.5) is 0 Å². The van der Waals surface area contributed by atoms with Crippen LogP contribution in [0, 0.1) is 0 Å².